The first kappa shape index (κ1) is 37.2. The molecule has 3 aromatic carbocycles. The number of ether oxygens (including phenoxy) is 3. The van der Waals surface area contributed by atoms with Crippen molar-refractivity contribution >= 4 is 23.5 Å². The second kappa shape index (κ2) is 15.9. The summed E-state index contributed by atoms with van der Waals surface area (Å²) in [5, 5.41) is 4.20. The third kappa shape index (κ3) is 9.37. The van der Waals surface area contributed by atoms with Gasteiger partial charge in [0.25, 0.3) is 0 Å². The van der Waals surface area contributed by atoms with Gasteiger partial charge in [-0.05, 0) is 91.7 Å². The van der Waals surface area contributed by atoms with Crippen LogP contribution in [0.5, 0.6) is 0 Å². The maximum Gasteiger partial charge on any atom is 0.410 e. The second-order valence-electron chi connectivity index (χ2n) is 13.8. The zero-order chi connectivity index (χ0) is 36.1. The smallest absolute Gasteiger partial charge is 0.410 e. The third-order valence-corrected chi connectivity index (χ3v) is 9.22. The highest BCUT2D eigenvalue weighted by Crippen LogP contribution is 2.36. The maximum atomic E-state index is 15.5. The summed E-state index contributed by atoms with van der Waals surface area (Å²) in [4.78, 5) is 31.7. The predicted octanol–water partition coefficient (Wildman–Crippen LogP) is 8.50. The van der Waals surface area contributed by atoms with Gasteiger partial charge in [-0.3, -0.25) is 4.79 Å². The molecule has 0 N–H and O–H groups in total. The summed E-state index contributed by atoms with van der Waals surface area (Å²) < 4.78 is 62.2. The van der Waals surface area contributed by atoms with E-state index in [4.69, 9.17) is 25.8 Å². The van der Waals surface area contributed by atoms with Crippen LogP contribution in [0.15, 0.2) is 65.8 Å². The monoisotopic (exact) mass is 712 g/mol. The van der Waals surface area contributed by atoms with Crippen molar-refractivity contribution in [3.63, 3.8) is 0 Å². The predicted molar refractivity (Wildman–Crippen MR) is 181 cm³/mol. The van der Waals surface area contributed by atoms with E-state index in [2.05, 4.69) is 10.0 Å². The molecule has 1 spiro atoms. The lowest BCUT2D eigenvalue weighted by atomic mass is 9.81. The Kier molecular flexibility index (Phi) is 11.8. The van der Waals surface area contributed by atoms with Crippen molar-refractivity contribution in [2.24, 2.45) is 5.11 Å². The number of carbonyl (C=O) groups is 2. The first-order valence-corrected chi connectivity index (χ1v) is 16.9. The van der Waals surface area contributed by atoms with Gasteiger partial charge in [-0.2, -0.15) is 0 Å². The van der Waals surface area contributed by atoms with Crippen molar-refractivity contribution in [3.05, 3.63) is 116 Å². The summed E-state index contributed by atoms with van der Waals surface area (Å²) in [7, 11) is 0. The van der Waals surface area contributed by atoms with Crippen LogP contribution in [0.3, 0.4) is 0 Å². The topological polar surface area (TPSA) is 114 Å². The lowest BCUT2D eigenvalue weighted by Crippen LogP contribution is -2.59. The molecular formula is C37H40ClF3N4O5. The summed E-state index contributed by atoms with van der Waals surface area (Å²) in [6, 6.07) is 12.1. The van der Waals surface area contributed by atoms with E-state index in [1.165, 1.54) is 12.1 Å². The molecule has 1 amide bonds. The number of morpholine rings is 1. The van der Waals surface area contributed by atoms with Crippen molar-refractivity contribution in [1.29, 1.82) is 0 Å². The Morgan fingerprint density at radius 2 is 1.74 bits per heavy atom. The average molecular weight is 713 g/mol. The average Bonchev–Trinajstić information content (AvgIpc) is 3.04. The fraction of sp³-hybridized carbons (Fsp3) is 0.459. The first-order valence-electron chi connectivity index (χ1n) is 16.5. The number of carbonyl (C=O) groups excluding carboxylic acids is 2. The molecule has 0 radical (unpaired) electrons. The van der Waals surface area contributed by atoms with E-state index < -0.39 is 58.6 Å². The molecule has 2 heterocycles. The van der Waals surface area contributed by atoms with Gasteiger partial charge in [0.15, 0.2) is 0 Å². The van der Waals surface area contributed by atoms with E-state index >= 15 is 4.39 Å². The Hall–Kier alpha value is -4.09. The number of amides is 1. The summed E-state index contributed by atoms with van der Waals surface area (Å²) in [5.74, 6) is -3.90. The molecular weight excluding hydrogens is 673 g/mol. The van der Waals surface area contributed by atoms with E-state index in [0.717, 1.165) is 12.1 Å². The number of nitrogens with zero attached hydrogens (tertiary/aromatic N) is 4. The van der Waals surface area contributed by atoms with Gasteiger partial charge >= 0.3 is 6.09 Å². The highest BCUT2D eigenvalue weighted by molar-refractivity contribution is 6.30. The molecule has 2 saturated heterocycles. The molecule has 2 aliphatic heterocycles. The van der Waals surface area contributed by atoms with Crippen LogP contribution in [0.2, 0.25) is 5.02 Å². The molecule has 0 aliphatic carbocycles. The van der Waals surface area contributed by atoms with Crippen LogP contribution in [0.25, 0.3) is 10.4 Å². The molecule has 266 valence electrons. The van der Waals surface area contributed by atoms with Gasteiger partial charge in [0.2, 0.25) is 0 Å². The summed E-state index contributed by atoms with van der Waals surface area (Å²) >= 11 is 6.09. The number of halogens is 4. The van der Waals surface area contributed by atoms with Gasteiger partial charge in [-0.15, -0.1) is 0 Å². The van der Waals surface area contributed by atoms with Gasteiger partial charge in [0, 0.05) is 54.4 Å². The zero-order valence-corrected chi connectivity index (χ0v) is 29.0. The van der Waals surface area contributed by atoms with E-state index in [9.17, 15) is 23.9 Å². The van der Waals surface area contributed by atoms with Crippen molar-refractivity contribution in [2.45, 2.75) is 82.1 Å². The largest absolute Gasteiger partial charge is 0.444 e. The van der Waals surface area contributed by atoms with E-state index in [-0.39, 0.29) is 30.5 Å². The minimum Gasteiger partial charge on any atom is -0.444 e. The summed E-state index contributed by atoms with van der Waals surface area (Å²) in [6.45, 7) is 6.97. The van der Waals surface area contributed by atoms with Crippen LogP contribution >= 0.6 is 11.6 Å². The van der Waals surface area contributed by atoms with E-state index in [1.807, 2.05) is 0 Å². The molecule has 5 rings (SSSR count). The Balaban J connectivity index is 1.40. The standard InChI is InChI=1S/C37H40ClF3N4O5/c1-36(2,3)50-35(47)45-21-29(49-37(22-45)13-15-48-16-14-37)11-12-30-24(5-4-6-31(30)41)19-32(46)34(43-44-42)33(23-7-9-26(38)10-8-23)25-17-27(39)20-28(40)18-25/h4-10,17-18,20,29,33-34H,11-16,19,21-22H2,1-3H3/t29-,33+,34-/m1/s1. The van der Waals surface area contributed by atoms with Crippen LogP contribution in [-0.4, -0.2) is 66.4 Å². The molecule has 0 saturated carbocycles. The first-order chi connectivity index (χ1) is 23.8. The molecule has 9 nitrogen and oxygen atoms in total. The quantitative estimate of drug-likeness (QED) is 0.119. The molecule has 13 heteroatoms. The lowest BCUT2D eigenvalue weighted by Gasteiger charge is -2.48. The fourth-order valence-electron chi connectivity index (χ4n) is 6.72. The van der Waals surface area contributed by atoms with Gasteiger partial charge in [0.1, 0.15) is 34.9 Å². The summed E-state index contributed by atoms with van der Waals surface area (Å²) in [5.41, 5.74) is 9.38. The van der Waals surface area contributed by atoms with Crippen LogP contribution in [0.4, 0.5) is 18.0 Å². The number of azide groups is 1. The molecule has 0 unspecified atom stereocenters. The van der Waals surface area contributed by atoms with Gasteiger partial charge in [0.05, 0.1) is 24.8 Å². The zero-order valence-electron chi connectivity index (χ0n) is 28.2. The highest BCUT2D eigenvalue weighted by atomic mass is 35.5. The Labute approximate surface area is 294 Å². The number of hydrogen-bond acceptors (Lipinski definition) is 6. The Morgan fingerprint density at radius 1 is 1.06 bits per heavy atom. The summed E-state index contributed by atoms with van der Waals surface area (Å²) in [6.07, 6.45) is 0.461. The number of Topliss-reactive ketones (excluding diaryl/α,β-unsaturated/α-hetero) is 1. The Bertz CT molecular complexity index is 1720. The van der Waals surface area contributed by atoms with Crippen molar-refractivity contribution < 1.29 is 37.0 Å². The molecule has 3 aromatic rings. The minimum absolute atomic E-state index is 0.0843. The minimum atomic E-state index is -1.43. The molecule has 2 aliphatic rings. The SMILES string of the molecule is CC(C)(C)OC(=O)N1C[C@@H](CCc2c(F)cccc2CC(=O)[C@@H](N=[N+]=[N-])[C@@H](c2ccc(Cl)cc2)c2cc(F)cc(F)c2)OC2(CCOCC2)C1. The van der Waals surface area contributed by atoms with Crippen LogP contribution < -0.4 is 0 Å². The molecule has 3 atom stereocenters. The maximum absolute atomic E-state index is 15.5. The van der Waals surface area contributed by atoms with Gasteiger partial charge < -0.3 is 19.1 Å². The van der Waals surface area contributed by atoms with Gasteiger partial charge in [-0.25, -0.2) is 18.0 Å². The molecule has 0 aromatic heterocycles. The highest BCUT2D eigenvalue weighted by Gasteiger charge is 2.44. The molecule has 0 bridgehead atoms. The third-order valence-electron chi connectivity index (χ3n) is 8.97. The van der Waals surface area contributed by atoms with E-state index in [0.29, 0.717) is 61.2 Å². The second-order valence-corrected chi connectivity index (χ2v) is 14.3. The van der Waals surface area contributed by atoms with Crippen LogP contribution in [0.1, 0.15) is 68.2 Å². The molecule has 50 heavy (non-hydrogen) atoms. The van der Waals surface area contributed by atoms with E-state index in [1.54, 1.807) is 56.0 Å². The van der Waals surface area contributed by atoms with Crippen LogP contribution in [-0.2, 0) is 31.8 Å². The van der Waals surface area contributed by atoms with Crippen LogP contribution in [0, 0.1) is 17.5 Å². The number of rotatable bonds is 10. The van der Waals surface area contributed by atoms with Crippen molar-refractivity contribution in [3.8, 4) is 0 Å². The van der Waals surface area contributed by atoms with Crippen molar-refractivity contribution in [2.75, 3.05) is 26.3 Å². The number of benzene rings is 3. The number of hydrogen-bond donors (Lipinski definition) is 0. The Morgan fingerprint density at radius 3 is 2.38 bits per heavy atom. The molecule has 2 fully saturated rings. The number of ketones is 1. The van der Waals surface area contributed by atoms with Gasteiger partial charge in [-0.1, -0.05) is 41.0 Å². The lowest BCUT2D eigenvalue weighted by molar-refractivity contribution is -0.186. The normalized spacial score (nSPS) is 18.6. The van der Waals surface area contributed by atoms with Crippen molar-refractivity contribution in [1.82, 2.24) is 4.90 Å². The fourth-order valence-corrected chi connectivity index (χ4v) is 6.85.